The lowest BCUT2D eigenvalue weighted by atomic mass is 9.59. The SMILES string of the molecule is Cc1cc(C2CC2)c(CN2CCC3(C[C@@H]2c2ccc(-c4nnn[nH]4)cc2)CC(F)(F)C3)c2cc[nH]c12. The molecule has 6 nitrogen and oxygen atoms in total. The van der Waals surface area contributed by atoms with Crippen LogP contribution < -0.4 is 0 Å². The number of benzene rings is 2. The molecule has 0 bridgehead atoms. The number of tetrazole rings is 1. The van der Waals surface area contributed by atoms with Gasteiger partial charge in [0.1, 0.15) is 0 Å². The van der Waals surface area contributed by atoms with E-state index < -0.39 is 5.92 Å². The van der Waals surface area contributed by atoms with E-state index in [1.807, 2.05) is 18.3 Å². The fraction of sp³-hybridized carbons (Fsp3) is 0.464. The summed E-state index contributed by atoms with van der Waals surface area (Å²) in [5, 5.41) is 15.5. The number of fused-ring (bicyclic) bond motifs is 1. The van der Waals surface area contributed by atoms with Crippen molar-refractivity contribution in [1.82, 2.24) is 30.5 Å². The molecule has 3 heterocycles. The molecule has 1 spiro atoms. The van der Waals surface area contributed by atoms with Gasteiger partial charge in [-0.15, -0.1) is 5.10 Å². The van der Waals surface area contributed by atoms with Crippen LogP contribution in [0.5, 0.6) is 0 Å². The van der Waals surface area contributed by atoms with E-state index in [1.165, 1.54) is 46.0 Å². The summed E-state index contributed by atoms with van der Waals surface area (Å²) < 4.78 is 28.1. The predicted molar refractivity (Wildman–Crippen MR) is 134 cm³/mol. The maximum absolute atomic E-state index is 14.0. The summed E-state index contributed by atoms with van der Waals surface area (Å²) in [6, 6.07) is 13.0. The zero-order valence-corrected chi connectivity index (χ0v) is 20.4. The Labute approximate surface area is 208 Å². The molecular formula is C28H30F2N6. The van der Waals surface area contributed by atoms with E-state index in [0.29, 0.717) is 11.7 Å². The van der Waals surface area contributed by atoms with Crippen LogP contribution in [-0.4, -0.2) is 43.0 Å². The van der Waals surface area contributed by atoms with Crippen LogP contribution in [0.15, 0.2) is 42.6 Å². The molecule has 2 aromatic carbocycles. The number of hydrogen-bond acceptors (Lipinski definition) is 4. The number of aromatic nitrogens is 5. The first-order chi connectivity index (χ1) is 17.4. The summed E-state index contributed by atoms with van der Waals surface area (Å²) in [4.78, 5) is 5.97. The van der Waals surface area contributed by atoms with E-state index in [4.69, 9.17) is 0 Å². The van der Waals surface area contributed by atoms with Crippen molar-refractivity contribution < 1.29 is 8.78 Å². The monoisotopic (exact) mass is 488 g/mol. The molecule has 1 atom stereocenters. The van der Waals surface area contributed by atoms with Gasteiger partial charge in [0, 0.05) is 48.1 Å². The molecule has 0 radical (unpaired) electrons. The van der Waals surface area contributed by atoms with Crippen LogP contribution >= 0.6 is 0 Å². The number of aromatic amines is 2. The zero-order chi connectivity index (χ0) is 24.5. The van der Waals surface area contributed by atoms with Crippen molar-refractivity contribution in [1.29, 1.82) is 0 Å². The van der Waals surface area contributed by atoms with Gasteiger partial charge in [-0.3, -0.25) is 4.90 Å². The summed E-state index contributed by atoms with van der Waals surface area (Å²) in [5.74, 6) is -1.24. The van der Waals surface area contributed by atoms with Crippen molar-refractivity contribution in [2.24, 2.45) is 5.41 Å². The summed E-state index contributed by atoms with van der Waals surface area (Å²) in [5.41, 5.74) is 7.22. The predicted octanol–water partition coefficient (Wildman–Crippen LogP) is 6.29. The van der Waals surface area contributed by atoms with Gasteiger partial charge in [0.15, 0.2) is 5.82 Å². The Morgan fingerprint density at radius 3 is 2.61 bits per heavy atom. The lowest BCUT2D eigenvalue weighted by molar-refractivity contribution is -0.186. The van der Waals surface area contributed by atoms with Crippen molar-refractivity contribution in [3.63, 3.8) is 0 Å². The number of rotatable bonds is 5. The van der Waals surface area contributed by atoms with Crippen molar-refractivity contribution in [2.75, 3.05) is 6.54 Å². The lowest BCUT2D eigenvalue weighted by Gasteiger charge is -2.54. The Balaban J connectivity index is 1.25. The molecule has 8 heteroatoms. The van der Waals surface area contributed by atoms with Gasteiger partial charge < -0.3 is 4.98 Å². The maximum atomic E-state index is 14.0. The number of halogens is 2. The second-order valence-corrected chi connectivity index (χ2v) is 11.3. The van der Waals surface area contributed by atoms with Gasteiger partial charge in [0.05, 0.1) is 0 Å². The molecule has 2 aliphatic carbocycles. The fourth-order valence-corrected chi connectivity index (χ4v) is 6.84. The number of hydrogen-bond donors (Lipinski definition) is 2. The van der Waals surface area contributed by atoms with Gasteiger partial charge >= 0.3 is 0 Å². The summed E-state index contributed by atoms with van der Waals surface area (Å²) >= 11 is 0. The van der Waals surface area contributed by atoms with Gasteiger partial charge in [0.2, 0.25) is 5.92 Å². The van der Waals surface area contributed by atoms with E-state index >= 15 is 0 Å². The van der Waals surface area contributed by atoms with E-state index in [1.54, 1.807) is 0 Å². The lowest BCUT2D eigenvalue weighted by Crippen LogP contribution is -2.53. The average molecular weight is 489 g/mol. The molecule has 186 valence electrons. The third-order valence-corrected chi connectivity index (χ3v) is 8.74. The van der Waals surface area contributed by atoms with Gasteiger partial charge in [0.25, 0.3) is 0 Å². The minimum atomic E-state index is -2.51. The van der Waals surface area contributed by atoms with Crippen LogP contribution in [-0.2, 0) is 6.54 Å². The number of alkyl halides is 2. The number of H-pyrrole nitrogens is 2. The minimum absolute atomic E-state index is 0.0199. The van der Waals surface area contributed by atoms with Crippen LogP contribution in [0.1, 0.15) is 72.7 Å². The third kappa shape index (κ3) is 3.74. The average Bonchev–Trinajstić information content (AvgIpc) is 3.31. The quantitative estimate of drug-likeness (QED) is 0.346. The van der Waals surface area contributed by atoms with Crippen molar-refractivity contribution in [2.45, 2.75) is 69.9 Å². The summed E-state index contributed by atoms with van der Waals surface area (Å²) in [6.45, 7) is 3.86. The molecule has 2 N–H and O–H groups in total. The Bertz CT molecular complexity index is 1400. The highest BCUT2D eigenvalue weighted by Gasteiger charge is 2.58. The van der Waals surface area contributed by atoms with E-state index in [9.17, 15) is 8.78 Å². The molecule has 1 saturated heterocycles. The molecule has 3 aliphatic rings. The number of aryl methyl sites for hydroxylation is 1. The summed E-state index contributed by atoms with van der Waals surface area (Å²) in [6.07, 6.45) is 6.19. The van der Waals surface area contributed by atoms with Crippen LogP contribution in [0.3, 0.4) is 0 Å². The Morgan fingerprint density at radius 1 is 1.11 bits per heavy atom. The first-order valence-electron chi connectivity index (χ1n) is 13.0. The standard InChI is InChI=1S/C28H30F2N6/c1-17-12-22(18-2-3-18)23(21-8-10-31-25(17)21)14-36-11-9-27(15-28(29,30)16-27)13-24(36)19-4-6-20(7-5-19)26-32-34-35-33-26/h4-8,10,12,18,24,31H,2-3,9,11,13-16H2,1H3,(H,32,33,34,35)/t24-/m1/s1. The van der Waals surface area contributed by atoms with Crippen LogP contribution in [0, 0.1) is 12.3 Å². The molecule has 4 aromatic rings. The number of likely N-dealkylation sites (tertiary alicyclic amines) is 1. The Hall–Kier alpha value is -3.13. The fourth-order valence-electron chi connectivity index (χ4n) is 6.84. The first kappa shape index (κ1) is 22.1. The van der Waals surface area contributed by atoms with E-state index in [-0.39, 0.29) is 24.3 Å². The van der Waals surface area contributed by atoms with Crippen molar-refractivity contribution >= 4 is 10.9 Å². The first-order valence-corrected chi connectivity index (χ1v) is 13.0. The smallest absolute Gasteiger partial charge is 0.249 e. The normalized spacial score (nSPS) is 23.2. The Morgan fingerprint density at radius 2 is 1.92 bits per heavy atom. The van der Waals surface area contributed by atoms with E-state index in [2.05, 4.69) is 61.7 Å². The highest BCUT2D eigenvalue weighted by molar-refractivity contribution is 5.87. The zero-order valence-electron chi connectivity index (χ0n) is 20.4. The molecule has 2 saturated carbocycles. The van der Waals surface area contributed by atoms with Crippen molar-refractivity contribution in [3.05, 3.63) is 64.8 Å². The highest BCUT2D eigenvalue weighted by Crippen LogP contribution is 2.60. The van der Waals surface area contributed by atoms with Crippen LogP contribution in [0.25, 0.3) is 22.3 Å². The molecule has 1 aliphatic heterocycles. The van der Waals surface area contributed by atoms with Gasteiger partial charge in [-0.25, -0.2) is 13.9 Å². The molecular weight excluding hydrogens is 458 g/mol. The minimum Gasteiger partial charge on any atom is -0.361 e. The van der Waals surface area contributed by atoms with Gasteiger partial charge in [-0.05, 0) is 89.2 Å². The molecule has 3 fully saturated rings. The molecule has 36 heavy (non-hydrogen) atoms. The second-order valence-electron chi connectivity index (χ2n) is 11.3. The van der Waals surface area contributed by atoms with Crippen molar-refractivity contribution in [3.8, 4) is 11.4 Å². The molecule has 0 amide bonds. The largest absolute Gasteiger partial charge is 0.361 e. The number of piperidine rings is 1. The Kier molecular flexibility index (Phi) is 4.87. The molecule has 7 rings (SSSR count). The van der Waals surface area contributed by atoms with Crippen LogP contribution in [0.4, 0.5) is 8.78 Å². The number of nitrogens with one attached hydrogen (secondary N) is 2. The third-order valence-electron chi connectivity index (χ3n) is 8.74. The maximum Gasteiger partial charge on any atom is 0.249 e. The second kappa shape index (κ2) is 7.93. The van der Waals surface area contributed by atoms with Crippen LogP contribution in [0.2, 0.25) is 0 Å². The number of nitrogens with zero attached hydrogens (tertiary/aromatic N) is 4. The highest BCUT2D eigenvalue weighted by atomic mass is 19.3. The summed E-state index contributed by atoms with van der Waals surface area (Å²) in [7, 11) is 0. The molecule has 2 aromatic heterocycles. The molecule has 0 unspecified atom stereocenters. The van der Waals surface area contributed by atoms with Gasteiger partial charge in [-0.2, -0.15) is 0 Å². The van der Waals surface area contributed by atoms with E-state index in [0.717, 1.165) is 31.5 Å². The topological polar surface area (TPSA) is 73.5 Å². The van der Waals surface area contributed by atoms with Gasteiger partial charge in [-0.1, -0.05) is 30.3 Å².